The van der Waals surface area contributed by atoms with Crippen LogP contribution < -0.4 is 11.1 Å². The topological polar surface area (TPSA) is 105 Å². The summed E-state index contributed by atoms with van der Waals surface area (Å²) in [6.07, 6.45) is 4.86. The average Bonchev–Trinajstić information content (AvgIpc) is 2.78. The summed E-state index contributed by atoms with van der Waals surface area (Å²) in [6.45, 7) is 2.74. The maximum absolute atomic E-state index is 12.2. The van der Waals surface area contributed by atoms with Crippen LogP contribution in [0.15, 0.2) is 53.5 Å². The summed E-state index contributed by atoms with van der Waals surface area (Å²) in [6, 6.07) is 15.9. The highest BCUT2D eigenvalue weighted by molar-refractivity contribution is 14.1. The number of carbonyl (C=O) groups excluding carboxylic acids is 1. The van der Waals surface area contributed by atoms with Gasteiger partial charge in [-0.25, -0.2) is 0 Å². The lowest BCUT2D eigenvalue weighted by Crippen LogP contribution is -2.24. The highest BCUT2D eigenvalue weighted by Crippen LogP contribution is 2.11. The summed E-state index contributed by atoms with van der Waals surface area (Å²) in [7, 11) is 0. The molecule has 0 aromatic heterocycles. The molecule has 0 saturated heterocycles. The van der Waals surface area contributed by atoms with Gasteiger partial charge in [0.2, 0.25) is 0 Å². The number of amides is 1. The molecule has 6 nitrogen and oxygen atoms in total. The van der Waals surface area contributed by atoms with Gasteiger partial charge >= 0.3 is 5.97 Å². The standard InChI is InChI=1S/C25H32IN3O3/c1-18(25(31)32)5-2-3-16-28-24(30)21-12-8-20(9-13-21)17-29-23(27)7-4-6-19-10-14-22(26)15-11-19/h8-15,18H,2-7,16-17H2,1H3,(H2,27,29)(H,28,30)(H,31,32)/t18-/m0/s1. The van der Waals surface area contributed by atoms with E-state index in [1.54, 1.807) is 19.1 Å². The molecule has 172 valence electrons. The van der Waals surface area contributed by atoms with E-state index >= 15 is 0 Å². The predicted octanol–water partition coefficient (Wildman–Crippen LogP) is 4.79. The quantitative estimate of drug-likeness (QED) is 0.145. The molecule has 7 heteroatoms. The predicted molar refractivity (Wildman–Crippen MR) is 137 cm³/mol. The van der Waals surface area contributed by atoms with Gasteiger partial charge in [0, 0.05) is 22.1 Å². The summed E-state index contributed by atoms with van der Waals surface area (Å²) in [4.78, 5) is 27.5. The van der Waals surface area contributed by atoms with Crippen molar-refractivity contribution in [1.82, 2.24) is 5.32 Å². The zero-order valence-electron chi connectivity index (χ0n) is 18.5. The molecule has 2 aromatic carbocycles. The van der Waals surface area contributed by atoms with E-state index in [4.69, 9.17) is 10.8 Å². The summed E-state index contributed by atoms with van der Waals surface area (Å²) in [5, 5.41) is 11.7. The lowest BCUT2D eigenvalue weighted by atomic mass is 10.0. The van der Waals surface area contributed by atoms with Gasteiger partial charge in [-0.15, -0.1) is 0 Å². The molecule has 1 atom stereocenters. The average molecular weight is 549 g/mol. The molecule has 0 bridgehead atoms. The molecule has 0 spiro atoms. The summed E-state index contributed by atoms with van der Waals surface area (Å²) in [5.74, 6) is -0.596. The highest BCUT2D eigenvalue weighted by atomic mass is 127. The normalized spacial score (nSPS) is 12.4. The SMILES string of the molecule is C[C@@H](CCCCNC(=O)c1ccc(CN=C(N)CCCc2ccc(I)cc2)cc1)C(=O)O. The molecule has 32 heavy (non-hydrogen) atoms. The van der Waals surface area contributed by atoms with Crippen molar-refractivity contribution < 1.29 is 14.7 Å². The van der Waals surface area contributed by atoms with E-state index in [1.165, 1.54) is 9.13 Å². The van der Waals surface area contributed by atoms with Crippen LogP contribution in [0.2, 0.25) is 0 Å². The number of aryl methyl sites for hydroxylation is 1. The Balaban J connectivity index is 1.68. The van der Waals surface area contributed by atoms with Gasteiger partial charge in [-0.05, 0) is 83.7 Å². The van der Waals surface area contributed by atoms with Crippen LogP contribution >= 0.6 is 22.6 Å². The van der Waals surface area contributed by atoms with Gasteiger partial charge in [0.25, 0.3) is 5.91 Å². The van der Waals surface area contributed by atoms with Gasteiger partial charge in [-0.3, -0.25) is 14.6 Å². The van der Waals surface area contributed by atoms with Crippen LogP contribution in [0.1, 0.15) is 60.5 Å². The number of carboxylic acid groups (broad SMARTS) is 1. The van der Waals surface area contributed by atoms with Crippen LogP contribution in [0.5, 0.6) is 0 Å². The number of aliphatic carboxylic acids is 1. The molecule has 0 aliphatic heterocycles. The van der Waals surface area contributed by atoms with Gasteiger partial charge in [-0.2, -0.15) is 0 Å². The van der Waals surface area contributed by atoms with E-state index in [0.29, 0.717) is 30.9 Å². The highest BCUT2D eigenvalue weighted by Gasteiger charge is 2.10. The van der Waals surface area contributed by atoms with E-state index in [-0.39, 0.29) is 11.8 Å². The van der Waals surface area contributed by atoms with Crippen LogP contribution in [0.25, 0.3) is 0 Å². The molecule has 1 amide bonds. The summed E-state index contributed by atoms with van der Waals surface area (Å²) in [5.41, 5.74) is 8.97. The molecule has 4 N–H and O–H groups in total. The van der Waals surface area contributed by atoms with Crippen molar-refractivity contribution in [1.29, 1.82) is 0 Å². The van der Waals surface area contributed by atoms with Crippen LogP contribution in [0.3, 0.4) is 0 Å². The zero-order valence-corrected chi connectivity index (χ0v) is 20.7. The van der Waals surface area contributed by atoms with Crippen molar-refractivity contribution in [3.63, 3.8) is 0 Å². The fourth-order valence-electron chi connectivity index (χ4n) is 3.16. The van der Waals surface area contributed by atoms with Crippen LogP contribution in [-0.2, 0) is 17.8 Å². The Bertz CT molecular complexity index is 896. The van der Waals surface area contributed by atoms with Gasteiger partial charge in [0.1, 0.15) is 0 Å². The van der Waals surface area contributed by atoms with E-state index in [1.807, 2.05) is 12.1 Å². The first-order valence-electron chi connectivity index (χ1n) is 11.0. The minimum absolute atomic E-state index is 0.124. The molecule has 0 radical (unpaired) electrons. The Morgan fingerprint density at radius 1 is 1.03 bits per heavy atom. The zero-order chi connectivity index (χ0) is 23.3. The Labute approximate surface area is 203 Å². The Hall–Kier alpha value is -2.42. The first kappa shape index (κ1) is 25.8. The van der Waals surface area contributed by atoms with Gasteiger partial charge in [0.15, 0.2) is 0 Å². The number of nitrogens with zero attached hydrogens (tertiary/aromatic N) is 1. The number of benzene rings is 2. The molecule has 2 aromatic rings. The van der Waals surface area contributed by atoms with Crippen LogP contribution in [-0.4, -0.2) is 29.4 Å². The van der Waals surface area contributed by atoms with Crippen molar-refractivity contribution in [3.8, 4) is 0 Å². The first-order chi connectivity index (χ1) is 15.3. The van der Waals surface area contributed by atoms with Gasteiger partial charge in [-0.1, -0.05) is 37.6 Å². The number of nitrogens with two attached hydrogens (primary N) is 1. The maximum atomic E-state index is 12.2. The number of nitrogens with one attached hydrogen (secondary N) is 1. The smallest absolute Gasteiger partial charge is 0.306 e. The number of hydrogen-bond donors (Lipinski definition) is 3. The lowest BCUT2D eigenvalue weighted by molar-refractivity contribution is -0.141. The number of amidine groups is 1. The van der Waals surface area contributed by atoms with E-state index < -0.39 is 5.97 Å². The van der Waals surface area contributed by atoms with Crippen LogP contribution in [0.4, 0.5) is 0 Å². The third-order valence-corrected chi connectivity index (χ3v) is 5.98. The summed E-state index contributed by atoms with van der Waals surface area (Å²) < 4.78 is 1.23. The van der Waals surface area contributed by atoms with Crippen molar-refractivity contribution in [3.05, 3.63) is 68.8 Å². The maximum Gasteiger partial charge on any atom is 0.306 e. The molecular weight excluding hydrogens is 517 g/mol. The molecule has 0 unspecified atom stereocenters. The number of hydrogen-bond acceptors (Lipinski definition) is 3. The molecular formula is C25H32IN3O3. The number of aliphatic imine (C=N–C) groups is 1. The van der Waals surface area contributed by atoms with E-state index in [0.717, 1.165) is 37.7 Å². The number of rotatable bonds is 13. The van der Waals surface area contributed by atoms with Gasteiger partial charge in [0.05, 0.1) is 18.3 Å². The number of unbranched alkanes of at least 4 members (excludes halogenated alkanes) is 1. The number of carboxylic acids is 1. The Morgan fingerprint density at radius 3 is 2.34 bits per heavy atom. The first-order valence-corrected chi connectivity index (χ1v) is 12.1. The Morgan fingerprint density at radius 2 is 1.69 bits per heavy atom. The van der Waals surface area contributed by atoms with Crippen molar-refractivity contribution in [2.24, 2.45) is 16.6 Å². The molecule has 0 saturated carbocycles. The third kappa shape index (κ3) is 9.80. The van der Waals surface area contributed by atoms with Crippen molar-refractivity contribution >= 4 is 40.3 Å². The third-order valence-electron chi connectivity index (χ3n) is 5.26. The second-order valence-electron chi connectivity index (χ2n) is 7.98. The summed E-state index contributed by atoms with van der Waals surface area (Å²) >= 11 is 2.30. The van der Waals surface area contributed by atoms with Gasteiger partial charge < -0.3 is 16.2 Å². The Kier molecular flexibility index (Phi) is 11.2. The molecule has 0 aliphatic rings. The number of carbonyl (C=O) groups is 2. The number of halogens is 1. The van der Waals surface area contributed by atoms with Crippen molar-refractivity contribution in [2.45, 2.75) is 52.0 Å². The van der Waals surface area contributed by atoms with Crippen LogP contribution in [0, 0.1) is 9.49 Å². The largest absolute Gasteiger partial charge is 0.481 e. The van der Waals surface area contributed by atoms with E-state index in [2.05, 4.69) is 57.2 Å². The minimum atomic E-state index is -0.776. The fraction of sp³-hybridized carbons (Fsp3) is 0.400. The second-order valence-corrected chi connectivity index (χ2v) is 9.22. The molecule has 2 rings (SSSR count). The minimum Gasteiger partial charge on any atom is -0.481 e. The van der Waals surface area contributed by atoms with E-state index in [9.17, 15) is 9.59 Å². The monoisotopic (exact) mass is 549 g/mol. The molecule has 0 fully saturated rings. The molecule has 0 heterocycles. The molecule has 0 aliphatic carbocycles. The lowest BCUT2D eigenvalue weighted by Gasteiger charge is -2.08. The fourth-order valence-corrected chi connectivity index (χ4v) is 3.52. The van der Waals surface area contributed by atoms with Crippen molar-refractivity contribution in [2.75, 3.05) is 6.54 Å². The second kappa shape index (κ2) is 13.9.